The summed E-state index contributed by atoms with van der Waals surface area (Å²) in [6, 6.07) is 0.00936. The zero-order chi connectivity index (χ0) is 15.9. The molecule has 0 aliphatic rings. The number of aromatic nitrogens is 2. The Hall–Kier alpha value is -0.570. The van der Waals surface area contributed by atoms with E-state index in [0.717, 1.165) is 25.3 Å². The van der Waals surface area contributed by atoms with Crippen LogP contribution in [0.2, 0.25) is 0 Å². The van der Waals surface area contributed by atoms with Crippen LogP contribution in [0.15, 0.2) is 17.3 Å². The molecule has 1 N–H and O–H groups in total. The zero-order valence-electron chi connectivity index (χ0n) is 13.2. The Labute approximate surface area is 132 Å². The fourth-order valence-electron chi connectivity index (χ4n) is 2.01. The topological polar surface area (TPSA) is 67.2 Å². The maximum absolute atomic E-state index is 12.6. The fraction of sp³-hybridized carbons (Fsp3) is 0.769. The van der Waals surface area contributed by atoms with Crippen molar-refractivity contribution in [3.8, 4) is 0 Å². The van der Waals surface area contributed by atoms with Crippen molar-refractivity contribution < 1.29 is 8.42 Å². The third-order valence-corrected chi connectivity index (χ3v) is 5.98. The third-order valence-electron chi connectivity index (χ3n) is 3.40. The normalized spacial score (nSPS) is 13.8. The molecule has 0 saturated carbocycles. The highest BCUT2D eigenvalue weighted by atomic mass is 32.2. The number of sulfonamides is 1. The Kier molecular flexibility index (Phi) is 7.72. The molecule has 8 heteroatoms. The quantitative estimate of drug-likeness (QED) is 0.652. The van der Waals surface area contributed by atoms with E-state index >= 15 is 0 Å². The van der Waals surface area contributed by atoms with Crippen molar-refractivity contribution in [2.45, 2.75) is 37.8 Å². The van der Waals surface area contributed by atoms with Crippen molar-refractivity contribution in [2.75, 3.05) is 32.1 Å². The Balaban J connectivity index is 2.82. The molecule has 21 heavy (non-hydrogen) atoms. The standard InChI is InChI=1S/C13H26N4O2S2/c1-5-12(11-20-4)16(3)21(18,19)13-9-15-17(10-13)8-7-14-6-2/h9-10,12,14H,5-8,11H2,1-4H3. The van der Waals surface area contributed by atoms with Gasteiger partial charge in [-0.05, 0) is 19.2 Å². The molecule has 0 bridgehead atoms. The molecular weight excluding hydrogens is 308 g/mol. The van der Waals surface area contributed by atoms with Gasteiger partial charge >= 0.3 is 0 Å². The first-order valence-electron chi connectivity index (χ1n) is 7.17. The highest BCUT2D eigenvalue weighted by Crippen LogP contribution is 2.19. The Morgan fingerprint density at radius 1 is 1.48 bits per heavy atom. The second-order valence-corrected chi connectivity index (χ2v) is 7.74. The minimum Gasteiger partial charge on any atom is -0.315 e. The first-order valence-corrected chi connectivity index (χ1v) is 10.0. The van der Waals surface area contributed by atoms with Crippen molar-refractivity contribution >= 4 is 21.8 Å². The third kappa shape index (κ3) is 4.98. The van der Waals surface area contributed by atoms with Crippen LogP contribution >= 0.6 is 11.8 Å². The maximum Gasteiger partial charge on any atom is 0.246 e. The van der Waals surface area contributed by atoms with E-state index < -0.39 is 10.0 Å². The lowest BCUT2D eigenvalue weighted by Crippen LogP contribution is -2.38. The van der Waals surface area contributed by atoms with Gasteiger partial charge in [-0.15, -0.1) is 0 Å². The minimum absolute atomic E-state index is 0.00936. The van der Waals surface area contributed by atoms with Gasteiger partial charge in [0, 0.05) is 31.6 Å². The minimum atomic E-state index is -3.47. The lowest BCUT2D eigenvalue weighted by Gasteiger charge is -2.25. The van der Waals surface area contributed by atoms with E-state index in [1.807, 2.05) is 20.1 Å². The second kappa shape index (κ2) is 8.77. The first-order chi connectivity index (χ1) is 9.97. The molecule has 1 aromatic rings. The summed E-state index contributed by atoms with van der Waals surface area (Å²) in [7, 11) is -1.82. The van der Waals surface area contributed by atoms with E-state index in [0.29, 0.717) is 6.54 Å². The number of likely N-dealkylation sites (N-methyl/N-ethyl adjacent to an activating group) is 1. The summed E-state index contributed by atoms with van der Waals surface area (Å²) in [5, 5.41) is 7.32. The van der Waals surface area contributed by atoms with E-state index in [1.165, 1.54) is 10.5 Å². The molecule has 0 aliphatic carbocycles. The highest BCUT2D eigenvalue weighted by molar-refractivity contribution is 7.98. The molecule has 6 nitrogen and oxygen atoms in total. The van der Waals surface area contributed by atoms with Crippen LogP contribution in [0.25, 0.3) is 0 Å². The van der Waals surface area contributed by atoms with Gasteiger partial charge in [-0.2, -0.15) is 21.2 Å². The van der Waals surface area contributed by atoms with Gasteiger partial charge in [-0.1, -0.05) is 13.8 Å². The van der Waals surface area contributed by atoms with Crippen LogP contribution in [0.4, 0.5) is 0 Å². The monoisotopic (exact) mass is 334 g/mol. The van der Waals surface area contributed by atoms with E-state index in [2.05, 4.69) is 10.4 Å². The zero-order valence-corrected chi connectivity index (χ0v) is 14.9. The summed E-state index contributed by atoms with van der Waals surface area (Å²) < 4.78 is 28.3. The molecule has 1 unspecified atom stereocenters. The van der Waals surface area contributed by atoms with Crippen LogP contribution in [-0.4, -0.2) is 60.7 Å². The SMILES string of the molecule is CCNCCn1cc(S(=O)(=O)N(C)C(CC)CSC)cn1. The molecule has 0 radical (unpaired) electrons. The fourth-order valence-corrected chi connectivity index (χ4v) is 4.33. The van der Waals surface area contributed by atoms with E-state index in [4.69, 9.17) is 0 Å². The molecule has 122 valence electrons. The summed E-state index contributed by atoms with van der Waals surface area (Å²) in [6.07, 6.45) is 5.82. The molecule has 1 atom stereocenters. The molecule has 1 heterocycles. The van der Waals surface area contributed by atoms with E-state index in [1.54, 1.807) is 29.7 Å². The van der Waals surface area contributed by atoms with Gasteiger partial charge in [-0.3, -0.25) is 4.68 Å². The number of nitrogens with zero attached hydrogens (tertiary/aromatic N) is 3. The lowest BCUT2D eigenvalue weighted by molar-refractivity contribution is 0.385. The van der Waals surface area contributed by atoms with Crippen LogP contribution in [0, 0.1) is 0 Å². The largest absolute Gasteiger partial charge is 0.315 e. The predicted molar refractivity (Wildman–Crippen MR) is 88.2 cm³/mol. The maximum atomic E-state index is 12.6. The highest BCUT2D eigenvalue weighted by Gasteiger charge is 2.27. The van der Waals surface area contributed by atoms with Gasteiger partial charge in [0.1, 0.15) is 4.90 Å². The Bertz CT molecular complexity index is 516. The molecule has 1 rings (SSSR count). The van der Waals surface area contributed by atoms with Crippen LogP contribution in [0.1, 0.15) is 20.3 Å². The van der Waals surface area contributed by atoms with Crippen molar-refractivity contribution in [3.63, 3.8) is 0 Å². The average molecular weight is 335 g/mol. The van der Waals surface area contributed by atoms with E-state index in [-0.39, 0.29) is 10.9 Å². The van der Waals surface area contributed by atoms with Crippen LogP contribution in [0.3, 0.4) is 0 Å². The van der Waals surface area contributed by atoms with Crippen LogP contribution < -0.4 is 5.32 Å². The average Bonchev–Trinajstić information content (AvgIpc) is 2.94. The summed E-state index contributed by atoms with van der Waals surface area (Å²) >= 11 is 1.66. The number of rotatable bonds is 10. The summed E-state index contributed by atoms with van der Waals surface area (Å²) in [5.74, 6) is 0.792. The van der Waals surface area contributed by atoms with Crippen LogP contribution in [-0.2, 0) is 16.6 Å². The van der Waals surface area contributed by atoms with Gasteiger partial charge in [0.25, 0.3) is 0 Å². The smallest absolute Gasteiger partial charge is 0.246 e. The predicted octanol–water partition coefficient (Wildman–Crippen LogP) is 1.25. The van der Waals surface area contributed by atoms with Gasteiger partial charge in [0.15, 0.2) is 0 Å². The molecule has 0 fully saturated rings. The van der Waals surface area contributed by atoms with Gasteiger partial charge in [-0.25, -0.2) is 8.42 Å². The molecular formula is C13H26N4O2S2. The number of thioether (sulfide) groups is 1. The van der Waals surface area contributed by atoms with Crippen LogP contribution in [0.5, 0.6) is 0 Å². The van der Waals surface area contributed by atoms with Gasteiger partial charge in [0.05, 0.1) is 12.7 Å². The van der Waals surface area contributed by atoms with Crippen molar-refractivity contribution in [2.24, 2.45) is 0 Å². The van der Waals surface area contributed by atoms with Crippen molar-refractivity contribution in [1.82, 2.24) is 19.4 Å². The summed E-state index contributed by atoms with van der Waals surface area (Å²) in [4.78, 5) is 0.265. The van der Waals surface area contributed by atoms with Gasteiger partial charge in [0.2, 0.25) is 10.0 Å². The second-order valence-electron chi connectivity index (χ2n) is 4.83. The summed E-state index contributed by atoms with van der Waals surface area (Å²) in [5.41, 5.74) is 0. The number of hydrogen-bond donors (Lipinski definition) is 1. The van der Waals surface area contributed by atoms with E-state index in [9.17, 15) is 8.42 Å². The molecule has 0 aliphatic heterocycles. The number of hydrogen-bond acceptors (Lipinski definition) is 5. The molecule has 0 aromatic carbocycles. The van der Waals surface area contributed by atoms with Crippen molar-refractivity contribution in [1.29, 1.82) is 0 Å². The lowest BCUT2D eigenvalue weighted by atomic mass is 10.3. The van der Waals surface area contributed by atoms with Crippen molar-refractivity contribution in [3.05, 3.63) is 12.4 Å². The molecule has 0 spiro atoms. The van der Waals surface area contributed by atoms with Gasteiger partial charge < -0.3 is 5.32 Å². The Morgan fingerprint density at radius 3 is 2.76 bits per heavy atom. The number of nitrogens with one attached hydrogen (secondary N) is 1. The first kappa shape index (κ1) is 18.5. The summed E-state index contributed by atoms with van der Waals surface area (Å²) in [6.45, 7) is 6.37. The molecule has 0 saturated heterocycles. The Morgan fingerprint density at radius 2 is 2.19 bits per heavy atom. The molecule has 1 aromatic heterocycles. The molecule has 0 amide bonds.